The number of rotatable bonds is 1. The van der Waals surface area contributed by atoms with Crippen molar-refractivity contribution in [3.05, 3.63) is 34.9 Å². The van der Waals surface area contributed by atoms with E-state index in [0.29, 0.717) is 11.3 Å². The van der Waals surface area contributed by atoms with Crippen LogP contribution in [0.25, 0.3) is 0 Å². The van der Waals surface area contributed by atoms with Gasteiger partial charge in [0.15, 0.2) is 0 Å². The fourth-order valence-electron chi connectivity index (χ4n) is 2.35. The molecule has 0 spiro atoms. The predicted molar refractivity (Wildman–Crippen MR) is 73.1 cm³/mol. The zero-order valence-electron chi connectivity index (χ0n) is 9.74. The Morgan fingerprint density at radius 1 is 1.31 bits per heavy atom. The van der Waals surface area contributed by atoms with Gasteiger partial charge in [0, 0.05) is 21.1 Å². The van der Waals surface area contributed by atoms with Crippen LogP contribution in [0, 0.1) is 0 Å². The number of benzene rings is 1. The van der Waals surface area contributed by atoms with Crippen LogP contribution in [-0.2, 0) is 0 Å². The maximum Gasteiger partial charge on any atom is 0.0406 e. The predicted octanol–water partition coefficient (Wildman–Crippen LogP) is 4.01. The maximum atomic E-state index is 6.13. The van der Waals surface area contributed by atoms with Crippen molar-refractivity contribution in [1.82, 2.24) is 0 Å². The molecule has 88 valence electrons. The van der Waals surface area contributed by atoms with E-state index in [1.54, 1.807) is 0 Å². The molecule has 1 aromatic rings. The van der Waals surface area contributed by atoms with Crippen LogP contribution in [0.5, 0.6) is 0 Å². The molecule has 2 rings (SSSR count). The Labute approximate surface area is 107 Å². The second-order valence-electron chi connectivity index (χ2n) is 5.12. The quantitative estimate of drug-likeness (QED) is 0.821. The summed E-state index contributed by atoms with van der Waals surface area (Å²) < 4.78 is 0.280. The average Bonchev–Trinajstić information content (AvgIpc) is 2.15. The van der Waals surface area contributed by atoms with Crippen molar-refractivity contribution < 1.29 is 0 Å². The lowest BCUT2D eigenvalue weighted by Gasteiger charge is -2.38. The Balaban J connectivity index is 2.17. The molecule has 0 bridgehead atoms. The average molecular weight is 256 g/mol. The summed E-state index contributed by atoms with van der Waals surface area (Å²) in [5.41, 5.74) is 7.47. The minimum Gasteiger partial charge on any atom is -0.328 e. The number of halogens is 1. The van der Waals surface area contributed by atoms with E-state index in [0.717, 1.165) is 17.9 Å². The van der Waals surface area contributed by atoms with Gasteiger partial charge in [0.2, 0.25) is 0 Å². The van der Waals surface area contributed by atoms with Crippen molar-refractivity contribution in [2.24, 2.45) is 5.73 Å². The fraction of sp³-hybridized carbons (Fsp3) is 0.538. The van der Waals surface area contributed by atoms with Gasteiger partial charge in [0.25, 0.3) is 0 Å². The van der Waals surface area contributed by atoms with E-state index in [9.17, 15) is 0 Å². The highest BCUT2D eigenvalue weighted by atomic mass is 35.5. The summed E-state index contributed by atoms with van der Waals surface area (Å²) in [6.07, 6.45) is 2.16. The smallest absolute Gasteiger partial charge is 0.0406 e. The molecule has 0 aliphatic carbocycles. The first-order valence-electron chi connectivity index (χ1n) is 5.65. The first-order valence-corrected chi connectivity index (χ1v) is 6.91. The number of hydrogen-bond acceptors (Lipinski definition) is 2. The molecule has 1 saturated heterocycles. The van der Waals surface area contributed by atoms with Crippen LogP contribution in [-0.4, -0.2) is 10.8 Å². The van der Waals surface area contributed by atoms with Gasteiger partial charge in [-0.15, -0.1) is 11.8 Å². The molecule has 2 N–H and O–H groups in total. The highest BCUT2D eigenvalue weighted by molar-refractivity contribution is 8.00. The molecule has 1 aliphatic heterocycles. The van der Waals surface area contributed by atoms with E-state index in [4.69, 9.17) is 17.3 Å². The number of thioether (sulfide) groups is 1. The van der Waals surface area contributed by atoms with Gasteiger partial charge in [-0.3, -0.25) is 0 Å². The topological polar surface area (TPSA) is 26.0 Å². The van der Waals surface area contributed by atoms with Crippen LogP contribution in [0.2, 0.25) is 5.02 Å². The Kier molecular flexibility index (Phi) is 3.53. The molecule has 1 nitrogen and oxygen atoms in total. The lowest BCUT2D eigenvalue weighted by Crippen LogP contribution is -2.36. The van der Waals surface area contributed by atoms with Gasteiger partial charge in [-0.1, -0.05) is 37.6 Å². The van der Waals surface area contributed by atoms with Gasteiger partial charge in [0.05, 0.1) is 0 Å². The number of nitrogens with two attached hydrogens (primary N) is 1. The molecule has 1 heterocycles. The molecule has 2 atom stereocenters. The summed E-state index contributed by atoms with van der Waals surface area (Å²) >= 11 is 7.93. The molecule has 0 radical (unpaired) electrons. The molecule has 1 fully saturated rings. The largest absolute Gasteiger partial charge is 0.328 e. The molecule has 3 heteroatoms. The third kappa shape index (κ3) is 2.93. The van der Waals surface area contributed by atoms with E-state index in [-0.39, 0.29) is 4.75 Å². The summed E-state index contributed by atoms with van der Waals surface area (Å²) in [5, 5.41) is 1.31. The SMILES string of the molecule is CC1(C)C[C@@H](N)C[C@H](c2ccc(Cl)cc2)S1. The minimum absolute atomic E-state index is 0.280. The second kappa shape index (κ2) is 4.59. The third-order valence-corrected chi connectivity index (χ3v) is 4.78. The molecule has 1 aromatic carbocycles. The van der Waals surface area contributed by atoms with Gasteiger partial charge >= 0.3 is 0 Å². The van der Waals surface area contributed by atoms with E-state index in [1.807, 2.05) is 23.9 Å². The summed E-state index contributed by atoms with van der Waals surface area (Å²) in [6.45, 7) is 4.55. The first kappa shape index (κ1) is 12.3. The van der Waals surface area contributed by atoms with Gasteiger partial charge in [0.1, 0.15) is 0 Å². The van der Waals surface area contributed by atoms with Crippen LogP contribution in [0.3, 0.4) is 0 Å². The highest BCUT2D eigenvalue weighted by Crippen LogP contribution is 2.48. The molecule has 0 saturated carbocycles. The standard InChI is InChI=1S/C13H18ClNS/c1-13(2)8-11(15)7-12(16-13)9-3-5-10(14)6-4-9/h3-6,11-12H,7-8,15H2,1-2H3/t11-,12+/m0/s1. The van der Waals surface area contributed by atoms with Crippen LogP contribution in [0.4, 0.5) is 0 Å². The number of hydrogen-bond donors (Lipinski definition) is 1. The Morgan fingerprint density at radius 3 is 2.50 bits per heavy atom. The van der Waals surface area contributed by atoms with E-state index in [2.05, 4.69) is 26.0 Å². The Morgan fingerprint density at radius 2 is 1.94 bits per heavy atom. The zero-order chi connectivity index (χ0) is 11.8. The van der Waals surface area contributed by atoms with Gasteiger partial charge in [-0.05, 0) is 30.5 Å². The lowest BCUT2D eigenvalue weighted by atomic mass is 9.96. The molecular weight excluding hydrogens is 238 g/mol. The zero-order valence-corrected chi connectivity index (χ0v) is 11.3. The molecule has 0 unspecified atom stereocenters. The molecule has 1 aliphatic rings. The fourth-order valence-corrected chi connectivity index (χ4v) is 4.20. The second-order valence-corrected chi connectivity index (χ2v) is 7.46. The van der Waals surface area contributed by atoms with E-state index in [1.165, 1.54) is 5.56 Å². The van der Waals surface area contributed by atoms with Crippen molar-refractivity contribution >= 4 is 23.4 Å². The van der Waals surface area contributed by atoms with Gasteiger partial charge < -0.3 is 5.73 Å². The molecule has 0 aromatic heterocycles. The molecule has 0 amide bonds. The lowest BCUT2D eigenvalue weighted by molar-refractivity contribution is 0.472. The third-order valence-electron chi connectivity index (χ3n) is 2.97. The summed E-state index contributed by atoms with van der Waals surface area (Å²) in [4.78, 5) is 0. The Hall–Kier alpha value is -0.180. The first-order chi connectivity index (χ1) is 7.46. The highest BCUT2D eigenvalue weighted by Gasteiger charge is 2.33. The van der Waals surface area contributed by atoms with Crippen LogP contribution < -0.4 is 5.73 Å². The summed E-state index contributed by atoms with van der Waals surface area (Å²) in [7, 11) is 0. The van der Waals surface area contributed by atoms with Crippen molar-refractivity contribution in [2.45, 2.75) is 42.7 Å². The van der Waals surface area contributed by atoms with Crippen LogP contribution in [0.1, 0.15) is 37.5 Å². The monoisotopic (exact) mass is 255 g/mol. The van der Waals surface area contributed by atoms with Gasteiger partial charge in [-0.25, -0.2) is 0 Å². The van der Waals surface area contributed by atoms with E-state index < -0.39 is 0 Å². The van der Waals surface area contributed by atoms with E-state index >= 15 is 0 Å². The normalized spacial score (nSPS) is 29.0. The summed E-state index contributed by atoms with van der Waals surface area (Å²) in [5.74, 6) is 0. The van der Waals surface area contributed by atoms with Crippen molar-refractivity contribution in [3.8, 4) is 0 Å². The maximum absolute atomic E-state index is 6.13. The summed E-state index contributed by atoms with van der Waals surface area (Å²) in [6, 6.07) is 8.48. The Bertz CT molecular complexity index is 361. The van der Waals surface area contributed by atoms with Crippen LogP contribution >= 0.6 is 23.4 Å². The van der Waals surface area contributed by atoms with Crippen molar-refractivity contribution in [3.63, 3.8) is 0 Å². The van der Waals surface area contributed by atoms with Crippen molar-refractivity contribution in [2.75, 3.05) is 0 Å². The molecule has 16 heavy (non-hydrogen) atoms. The van der Waals surface area contributed by atoms with Crippen molar-refractivity contribution in [1.29, 1.82) is 0 Å². The minimum atomic E-state index is 0.280. The van der Waals surface area contributed by atoms with Gasteiger partial charge in [-0.2, -0.15) is 0 Å². The molecular formula is C13H18ClNS. The van der Waals surface area contributed by atoms with Crippen LogP contribution in [0.15, 0.2) is 24.3 Å².